The lowest BCUT2D eigenvalue weighted by Crippen LogP contribution is -2.51. The van der Waals surface area contributed by atoms with Gasteiger partial charge in [-0.2, -0.15) is 0 Å². The number of nitrogens with one attached hydrogen (secondary N) is 1. The highest BCUT2D eigenvalue weighted by molar-refractivity contribution is 9.10. The van der Waals surface area contributed by atoms with Gasteiger partial charge in [0.05, 0.1) is 17.9 Å². The molecule has 4 rings (SSSR count). The van der Waals surface area contributed by atoms with Crippen LogP contribution in [0.5, 0.6) is 5.75 Å². The largest absolute Gasteiger partial charge is 0.487 e. The van der Waals surface area contributed by atoms with Crippen molar-refractivity contribution in [1.82, 2.24) is 4.90 Å². The van der Waals surface area contributed by atoms with Crippen LogP contribution in [0, 0.1) is 5.92 Å². The van der Waals surface area contributed by atoms with E-state index in [4.69, 9.17) is 16.3 Å². The van der Waals surface area contributed by atoms with Crippen LogP contribution < -0.4 is 15.0 Å². The molecular weight excluding hydrogens is 470 g/mol. The molecule has 2 aromatic carbocycles. The van der Waals surface area contributed by atoms with Gasteiger partial charge >= 0.3 is 6.03 Å². The Bertz CT molecular complexity index is 962. The van der Waals surface area contributed by atoms with Crippen LogP contribution in [0.4, 0.5) is 16.2 Å². The smallest absolute Gasteiger partial charge is 0.324 e. The van der Waals surface area contributed by atoms with E-state index in [9.17, 15) is 9.59 Å². The Morgan fingerprint density at radius 1 is 1.17 bits per heavy atom. The number of benzene rings is 2. The van der Waals surface area contributed by atoms with E-state index >= 15 is 0 Å². The molecule has 6 nitrogen and oxygen atoms in total. The van der Waals surface area contributed by atoms with E-state index in [0.717, 1.165) is 10.2 Å². The van der Waals surface area contributed by atoms with Gasteiger partial charge in [-0.1, -0.05) is 23.7 Å². The SMILES string of the molecule is C[C@H]1CN(C(=O)N2CCC(C(=O)Nc3ccccc3Br)CC2)c2cc(Cl)ccc2O1. The van der Waals surface area contributed by atoms with E-state index in [1.54, 1.807) is 23.1 Å². The Morgan fingerprint density at radius 2 is 1.90 bits per heavy atom. The van der Waals surface area contributed by atoms with E-state index in [2.05, 4.69) is 21.2 Å². The number of piperidine rings is 1. The number of halogens is 2. The molecule has 158 valence electrons. The van der Waals surface area contributed by atoms with E-state index in [1.807, 2.05) is 36.1 Å². The molecule has 1 atom stereocenters. The first-order chi connectivity index (χ1) is 14.4. The van der Waals surface area contributed by atoms with Gasteiger partial charge in [-0.25, -0.2) is 4.79 Å². The fourth-order valence-electron chi connectivity index (χ4n) is 3.89. The molecule has 1 N–H and O–H groups in total. The summed E-state index contributed by atoms with van der Waals surface area (Å²) >= 11 is 9.60. The third-order valence-corrected chi connectivity index (χ3v) is 6.41. The zero-order valence-electron chi connectivity index (χ0n) is 16.6. The van der Waals surface area contributed by atoms with Gasteiger partial charge in [0.25, 0.3) is 0 Å². The maximum atomic E-state index is 13.2. The van der Waals surface area contributed by atoms with Crippen molar-refractivity contribution in [2.75, 3.05) is 29.9 Å². The number of likely N-dealkylation sites (tertiary alicyclic amines) is 1. The minimum atomic E-state index is -0.119. The molecule has 30 heavy (non-hydrogen) atoms. The van der Waals surface area contributed by atoms with Crippen molar-refractivity contribution >= 4 is 50.8 Å². The average Bonchev–Trinajstić information content (AvgIpc) is 2.74. The van der Waals surface area contributed by atoms with Crippen molar-refractivity contribution in [2.45, 2.75) is 25.9 Å². The number of ether oxygens (including phenoxy) is 1. The summed E-state index contributed by atoms with van der Waals surface area (Å²) in [7, 11) is 0. The summed E-state index contributed by atoms with van der Waals surface area (Å²) < 4.78 is 6.69. The second-order valence-corrected chi connectivity index (χ2v) is 8.95. The number of hydrogen-bond donors (Lipinski definition) is 1. The lowest BCUT2D eigenvalue weighted by Gasteiger charge is -2.39. The van der Waals surface area contributed by atoms with Gasteiger partial charge in [0.2, 0.25) is 5.91 Å². The normalized spacial score (nSPS) is 19.1. The molecule has 8 heteroatoms. The maximum Gasteiger partial charge on any atom is 0.324 e. The number of carbonyl (C=O) groups is 2. The average molecular weight is 493 g/mol. The fraction of sp³-hybridized carbons (Fsp3) is 0.364. The van der Waals surface area contributed by atoms with Gasteiger partial charge in [-0.15, -0.1) is 0 Å². The number of urea groups is 1. The summed E-state index contributed by atoms with van der Waals surface area (Å²) in [6, 6.07) is 12.8. The third-order valence-electron chi connectivity index (χ3n) is 5.48. The summed E-state index contributed by atoms with van der Waals surface area (Å²) in [5.41, 5.74) is 1.45. The lowest BCUT2D eigenvalue weighted by molar-refractivity contribution is -0.121. The molecule has 2 heterocycles. The van der Waals surface area contributed by atoms with Crippen LogP contribution in [0.3, 0.4) is 0 Å². The Balaban J connectivity index is 1.40. The number of nitrogens with zero attached hydrogens (tertiary/aromatic N) is 2. The Morgan fingerprint density at radius 3 is 2.63 bits per heavy atom. The molecule has 0 aromatic heterocycles. The van der Waals surface area contributed by atoms with Crippen LogP contribution in [-0.2, 0) is 4.79 Å². The quantitative estimate of drug-likeness (QED) is 0.630. The minimum Gasteiger partial charge on any atom is -0.487 e. The molecule has 0 spiro atoms. The van der Waals surface area contributed by atoms with Crippen LogP contribution >= 0.6 is 27.5 Å². The van der Waals surface area contributed by atoms with E-state index in [-0.39, 0.29) is 24.0 Å². The van der Waals surface area contributed by atoms with Crippen molar-refractivity contribution in [3.8, 4) is 5.75 Å². The summed E-state index contributed by atoms with van der Waals surface area (Å²) in [5, 5.41) is 3.54. The number of hydrogen-bond acceptors (Lipinski definition) is 3. The Labute approximate surface area is 189 Å². The fourth-order valence-corrected chi connectivity index (χ4v) is 4.44. The molecule has 2 aliphatic rings. The molecule has 0 radical (unpaired) electrons. The maximum absolute atomic E-state index is 13.2. The molecule has 0 bridgehead atoms. The molecule has 0 unspecified atom stereocenters. The van der Waals surface area contributed by atoms with Crippen LogP contribution in [-0.4, -0.2) is 42.6 Å². The zero-order chi connectivity index (χ0) is 21.3. The molecule has 2 aromatic rings. The number of anilines is 2. The highest BCUT2D eigenvalue weighted by Gasteiger charge is 2.34. The van der Waals surface area contributed by atoms with E-state index in [0.29, 0.717) is 48.9 Å². The summed E-state index contributed by atoms with van der Waals surface area (Å²) in [6.07, 6.45) is 1.16. The van der Waals surface area contributed by atoms with Gasteiger partial charge in [-0.3, -0.25) is 9.69 Å². The summed E-state index contributed by atoms with van der Waals surface area (Å²) in [6.45, 7) is 3.48. The van der Waals surface area contributed by atoms with Crippen LogP contribution in [0.25, 0.3) is 0 Å². The predicted molar refractivity (Wildman–Crippen MR) is 121 cm³/mol. The second kappa shape index (κ2) is 8.86. The summed E-state index contributed by atoms with van der Waals surface area (Å²) in [5.74, 6) is 0.534. The first kappa shape index (κ1) is 21.0. The first-order valence-corrected chi connectivity index (χ1v) is 11.2. The second-order valence-electron chi connectivity index (χ2n) is 7.66. The minimum absolute atomic E-state index is 0.00822. The molecule has 0 saturated carbocycles. The van der Waals surface area contributed by atoms with Crippen molar-refractivity contribution in [1.29, 1.82) is 0 Å². The van der Waals surface area contributed by atoms with Crippen molar-refractivity contribution in [3.63, 3.8) is 0 Å². The van der Waals surface area contributed by atoms with Crippen LogP contribution in [0.2, 0.25) is 5.02 Å². The van der Waals surface area contributed by atoms with Crippen molar-refractivity contribution < 1.29 is 14.3 Å². The van der Waals surface area contributed by atoms with Crippen LogP contribution in [0.15, 0.2) is 46.9 Å². The van der Waals surface area contributed by atoms with Crippen molar-refractivity contribution in [3.05, 3.63) is 52.0 Å². The molecular formula is C22H23BrClN3O3. The first-order valence-electron chi connectivity index (χ1n) is 10.0. The highest BCUT2D eigenvalue weighted by Crippen LogP contribution is 2.36. The highest BCUT2D eigenvalue weighted by atomic mass is 79.9. The standard InChI is InChI=1S/C22H23BrClN3O3/c1-14-13-27(19-12-16(24)6-7-20(19)30-14)22(29)26-10-8-15(9-11-26)21(28)25-18-5-3-2-4-17(18)23/h2-7,12,14-15H,8-11,13H2,1H3,(H,25,28)/t14-/m0/s1. The van der Waals surface area contributed by atoms with Gasteiger partial charge in [0, 0.05) is 28.5 Å². The lowest BCUT2D eigenvalue weighted by atomic mass is 9.96. The molecule has 1 saturated heterocycles. The van der Waals surface area contributed by atoms with Gasteiger partial charge in [-0.05, 0) is 66.0 Å². The molecule has 1 fully saturated rings. The third kappa shape index (κ3) is 4.42. The van der Waals surface area contributed by atoms with Gasteiger partial charge < -0.3 is 15.0 Å². The van der Waals surface area contributed by atoms with E-state index in [1.165, 1.54) is 0 Å². The molecule has 0 aliphatic carbocycles. The van der Waals surface area contributed by atoms with Gasteiger partial charge in [0.15, 0.2) is 0 Å². The van der Waals surface area contributed by atoms with Crippen molar-refractivity contribution in [2.24, 2.45) is 5.92 Å². The Hall–Kier alpha value is -2.25. The van der Waals surface area contributed by atoms with Gasteiger partial charge in [0.1, 0.15) is 11.9 Å². The zero-order valence-corrected chi connectivity index (χ0v) is 18.9. The molecule has 3 amide bonds. The number of rotatable bonds is 2. The monoisotopic (exact) mass is 491 g/mol. The topological polar surface area (TPSA) is 61.9 Å². The number of carbonyl (C=O) groups excluding carboxylic acids is 2. The van der Waals surface area contributed by atoms with E-state index < -0.39 is 0 Å². The molecule has 2 aliphatic heterocycles. The summed E-state index contributed by atoms with van der Waals surface area (Å²) in [4.78, 5) is 29.4. The number of amides is 3. The number of fused-ring (bicyclic) bond motifs is 1. The van der Waals surface area contributed by atoms with Crippen LogP contribution in [0.1, 0.15) is 19.8 Å². The Kier molecular flexibility index (Phi) is 6.20. The predicted octanol–water partition coefficient (Wildman–Crippen LogP) is 5.16. The number of para-hydroxylation sites is 1.